The van der Waals surface area contributed by atoms with Crippen molar-refractivity contribution in [2.45, 2.75) is 154 Å². The van der Waals surface area contributed by atoms with Gasteiger partial charge in [-0.15, -0.1) is 0 Å². The summed E-state index contributed by atoms with van der Waals surface area (Å²) < 4.78 is 0. The van der Waals surface area contributed by atoms with Crippen LogP contribution in [-0.4, -0.2) is 23.9 Å². The summed E-state index contributed by atoms with van der Waals surface area (Å²) in [4.78, 5) is 22.0. The van der Waals surface area contributed by atoms with Crippen LogP contribution in [-0.2, 0) is 9.59 Å². The van der Waals surface area contributed by atoms with Crippen molar-refractivity contribution in [1.82, 2.24) is 10.6 Å². The molecule has 4 fully saturated rings. The van der Waals surface area contributed by atoms with Crippen LogP contribution in [0.25, 0.3) is 0 Å². The van der Waals surface area contributed by atoms with Crippen LogP contribution in [0, 0.1) is 23.7 Å². The van der Waals surface area contributed by atoms with Gasteiger partial charge in [0.25, 0.3) is 0 Å². The highest BCUT2D eigenvalue weighted by Crippen LogP contribution is 2.36. The first-order chi connectivity index (χ1) is 16.5. The van der Waals surface area contributed by atoms with Gasteiger partial charge < -0.3 is 10.6 Å². The molecule has 0 radical (unpaired) electrons. The van der Waals surface area contributed by atoms with Gasteiger partial charge in [-0.1, -0.05) is 64.2 Å². The van der Waals surface area contributed by atoms with Crippen molar-refractivity contribution in [3.05, 3.63) is 0 Å². The molecule has 0 heterocycles. The third-order valence-electron chi connectivity index (χ3n) is 9.29. The Kier molecular flexibility index (Phi) is 12.3. The number of amides is 2. The lowest BCUT2D eigenvalue weighted by atomic mass is 9.76. The molecule has 34 heavy (non-hydrogen) atoms. The molecule has 4 heteroatoms. The molecule has 0 unspecified atom stereocenters. The van der Waals surface area contributed by atoms with Gasteiger partial charge in [0.15, 0.2) is 0 Å². The van der Waals surface area contributed by atoms with Crippen molar-refractivity contribution < 1.29 is 9.59 Å². The van der Waals surface area contributed by atoms with E-state index in [1.807, 2.05) is 0 Å². The predicted octanol–water partition coefficient (Wildman–Crippen LogP) is 7.30. The molecule has 0 aromatic carbocycles. The normalized spacial score (nSPS) is 31.1. The van der Waals surface area contributed by atoms with Crippen LogP contribution in [0.15, 0.2) is 0 Å². The maximum Gasteiger partial charge on any atom is 0.217 e. The Hall–Kier alpha value is -1.06. The molecule has 4 saturated carbocycles. The number of carbonyl (C=O) groups is 2. The summed E-state index contributed by atoms with van der Waals surface area (Å²) in [5.74, 6) is 4.21. The Balaban J connectivity index is 0.000000191. The Labute approximate surface area is 210 Å². The van der Waals surface area contributed by atoms with Gasteiger partial charge in [-0.3, -0.25) is 9.59 Å². The summed E-state index contributed by atoms with van der Waals surface area (Å²) in [6.07, 6.45) is 27.8. The number of nitrogens with one attached hydrogen (secondary N) is 2. The summed E-state index contributed by atoms with van der Waals surface area (Å²) in [6, 6.07) is 0.935. The lowest BCUT2D eigenvalue weighted by Gasteiger charge is -2.32. The number of rotatable bonds is 6. The molecule has 0 aliphatic heterocycles. The van der Waals surface area contributed by atoms with Gasteiger partial charge >= 0.3 is 0 Å². The van der Waals surface area contributed by atoms with Gasteiger partial charge in [-0.05, 0) is 87.9 Å². The minimum atomic E-state index is 0.140. The van der Waals surface area contributed by atoms with E-state index >= 15 is 0 Å². The topological polar surface area (TPSA) is 58.2 Å². The second-order valence-corrected chi connectivity index (χ2v) is 12.3. The minimum absolute atomic E-state index is 0.140. The molecule has 0 aromatic rings. The fraction of sp³-hybridized carbons (Fsp3) is 0.933. The summed E-state index contributed by atoms with van der Waals surface area (Å²) in [6.45, 7) is 3.27. The Morgan fingerprint density at radius 1 is 0.471 bits per heavy atom. The van der Waals surface area contributed by atoms with Crippen LogP contribution in [0.4, 0.5) is 0 Å². The van der Waals surface area contributed by atoms with Crippen LogP contribution in [0.1, 0.15) is 142 Å². The van der Waals surface area contributed by atoms with Crippen LogP contribution in [0.5, 0.6) is 0 Å². The van der Waals surface area contributed by atoms with Gasteiger partial charge in [0.2, 0.25) is 11.8 Å². The first kappa shape index (κ1) is 27.5. The number of hydrogen-bond acceptors (Lipinski definition) is 2. The molecule has 0 bridgehead atoms. The summed E-state index contributed by atoms with van der Waals surface area (Å²) in [7, 11) is 0. The molecule has 2 amide bonds. The van der Waals surface area contributed by atoms with Crippen molar-refractivity contribution in [2.24, 2.45) is 23.7 Å². The average Bonchev–Trinajstić information content (AvgIpc) is 2.83. The van der Waals surface area contributed by atoms with Crippen molar-refractivity contribution in [2.75, 3.05) is 0 Å². The lowest BCUT2D eigenvalue weighted by Crippen LogP contribution is -2.36. The first-order valence-corrected chi connectivity index (χ1v) is 15.0. The zero-order valence-corrected chi connectivity index (χ0v) is 22.4. The third-order valence-corrected chi connectivity index (χ3v) is 9.29. The summed E-state index contributed by atoms with van der Waals surface area (Å²) >= 11 is 0. The third kappa shape index (κ3) is 10.7. The van der Waals surface area contributed by atoms with Crippen molar-refractivity contribution in [1.29, 1.82) is 0 Å². The SMILES string of the molecule is CC(=O)NC1CCC(CC2CCCCC2)CC1.CC(=O)NC1CCC(CC2CCCCC2)CC1. The highest BCUT2D eigenvalue weighted by atomic mass is 16.2. The van der Waals surface area contributed by atoms with Crippen molar-refractivity contribution in [3.8, 4) is 0 Å². The maximum absolute atomic E-state index is 11.0. The zero-order valence-electron chi connectivity index (χ0n) is 22.4. The molecule has 196 valence electrons. The van der Waals surface area contributed by atoms with E-state index in [4.69, 9.17) is 0 Å². The van der Waals surface area contributed by atoms with E-state index in [2.05, 4.69) is 10.6 Å². The summed E-state index contributed by atoms with van der Waals surface area (Å²) in [5, 5.41) is 6.13. The van der Waals surface area contributed by atoms with Crippen LogP contribution in [0.2, 0.25) is 0 Å². The van der Waals surface area contributed by atoms with E-state index in [0.717, 1.165) is 23.7 Å². The number of hydrogen-bond donors (Lipinski definition) is 2. The Morgan fingerprint density at radius 3 is 1.06 bits per heavy atom. The monoisotopic (exact) mass is 474 g/mol. The smallest absolute Gasteiger partial charge is 0.217 e. The van der Waals surface area contributed by atoms with Gasteiger partial charge in [0, 0.05) is 25.9 Å². The summed E-state index contributed by atoms with van der Waals surface area (Å²) in [5.41, 5.74) is 0. The van der Waals surface area contributed by atoms with E-state index < -0.39 is 0 Å². The zero-order chi connectivity index (χ0) is 24.2. The molecule has 2 N–H and O–H groups in total. The molecular formula is C30H54N2O2. The van der Waals surface area contributed by atoms with E-state index in [-0.39, 0.29) is 11.8 Å². The van der Waals surface area contributed by atoms with Gasteiger partial charge in [0.05, 0.1) is 0 Å². The lowest BCUT2D eigenvalue weighted by molar-refractivity contribution is -0.120. The predicted molar refractivity (Wildman–Crippen MR) is 142 cm³/mol. The highest BCUT2D eigenvalue weighted by molar-refractivity contribution is 5.73. The molecule has 0 spiro atoms. The van der Waals surface area contributed by atoms with Gasteiger partial charge in [-0.25, -0.2) is 0 Å². The second-order valence-electron chi connectivity index (χ2n) is 12.3. The highest BCUT2D eigenvalue weighted by Gasteiger charge is 2.26. The van der Waals surface area contributed by atoms with Crippen molar-refractivity contribution in [3.63, 3.8) is 0 Å². The van der Waals surface area contributed by atoms with E-state index in [0.29, 0.717) is 12.1 Å². The van der Waals surface area contributed by atoms with E-state index in [1.54, 1.807) is 13.8 Å². The van der Waals surface area contributed by atoms with Crippen LogP contribution < -0.4 is 10.6 Å². The fourth-order valence-corrected chi connectivity index (χ4v) is 7.45. The van der Waals surface area contributed by atoms with Gasteiger partial charge in [-0.2, -0.15) is 0 Å². The van der Waals surface area contributed by atoms with Crippen LogP contribution >= 0.6 is 0 Å². The molecule has 4 aliphatic rings. The fourth-order valence-electron chi connectivity index (χ4n) is 7.45. The Morgan fingerprint density at radius 2 is 0.765 bits per heavy atom. The molecule has 0 saturated heterocycles. The average molecular weight is 475 g/mol. The quantitative estimate of drug-likeness (QED) is 0.424. The van der Waals surface area contributed by atoms with Crippen LogP contribution in [0.3, 0.4) is 0 Å². The van der Waals surface area contributed by atoms with E-state index in [1.165, 1.54) is 128 Å². The van der Waals surface area contributed by atoms with E-state index in [9.17, 15) is 9.59 Å². The molecule has 4 aliphatic carbocycles. The van der Waals surface area contributed by atoms with Gasteiger partial charge in [0.1, 0.15) is 0 Å². The molecule has 4 rings (SSSR count). The first-order valence-electron chi connectivity index (χ1n) is 15.0. The minimum Gasteiger partial charge on any atom is -0.354 e. The second kappa shape index (κ2) is 15.1. The maximum atomic E-state index is 11.0. The molecule has 0 atom stereocenters. The Bertz CT molecular complexity index is 527. The molecule has 4 nitrogen and oxygen atoms in total. The standard InChI is InChI=1S/2C15H27NO/c2*1-12(17)16-15-9-7-14(8-10-15)11-13-5-3-2-4-6-13/h2*13-15H,2-11H2,1H3,(H,16,17). The largest absolute Gasteiger partial charge is 0.354 e. The molecule has 0 aromatic heterocycles. The molecular weight excluding hydrogens is 420 g/mol. The van der Waals surface area contributed by atoms with Crippen molar-refractivity contribution >= 4 is 11.8 Å². The number of carbonyl (C=O) groups excluding carboxylic acids is 2.